The standard InChI is InChI=1S/C26H44P2.C6H6.2ClH.Ru/c1-17(2)21-13-14-22(18(3)4)27(21)25-11-9-10-12-26(25)28-23(19(5)6)15-16-24(28)20(7)8;1-2-4-6-5-3-1;;;/h9-12,17-24H,13-16H2,1-8H3;1-6H;2*1H;/q;;;;+2/p-2/t21-,22-,23-,24-;;;;/m0..../s1. The molecule has 3 aliphatic rings. The molecule has 1 aromatic rings. The zero-order chi connectivity index (χ0) is 24.8. The molecule has 0 N–H and O–H groups in total. The van der Waals surface area contributed by atoms with E-state index in [2.05, 4.69) is 79.7 Å². The van der Waals surface area contributed by atoms with Crippen molar-refractivity contribution in [2.45, 2.75) is 104 Å². The summed E-state index contributed by atoms with van der Waals surface area (Å²) in [5.41, 5.74) is 3.71. The monoisotopic (exact) mass is 668 g/mol. The number of hydrogen-bond donors (Lipinski definition) is 0. The average Bonchev–Trinajstić information content (AvgIpc) is 3.46. The molecule has 37 heavy (non-hydrogen) atoms. The van der Waals surface area contributed by atoms with Gasteiger partial charge in [-0.25, -0.2) is 0 Å². The molecule has 1 saturated carbocycles. The van der Waals surface area contributed by atoms with Gasteiger partial charge in [0.1, 0.15) is 0 Å². The summed E-state index contributed by atoms with van der Waals surface area (Å²) in [6.07, 6.45) is 17.8. The quantitative estimate of drug-likeness (QED) is 0.324. The topological polar surface area (TPSA) is 0 Å². The van der Waals surface area contributed by atoms with Gasteiger partial charge < -0.3 is 24.8 Å². The fourth-order valence-electron chi connectivity index (χ4n) is 6.35. The summed E-state index contributed by atoms with van der Waals surface area (Å²) in [4.78, 5) is 0. The molecular formula is C32H50Cl2P2Ru. The third-order valence-electron chi connectivity index (χ3n) is 8.13. The van der Waals surface area contributed by atoms with Crippen LogP contribution in [0.3, 0.4) is 0 Å². The Morgan fingerprint density at radius 2 is 0.703 bits per heavy atom. The van der Waals surface area contributed by atoms with Gasteiger partial charge >= 0.3 is 19.5 Å². The molecule has 0 amide bonds. The maximum absolute atomic E-state index is 2.58. The molecule has 2 saturated heterocycles. The van der Waals surface area contributed by atoms with E-state index in [1.807, 2.05) is 49.1 Å². The largest absolute Gasteiger partial charge is 2.00 e. The molecule has 2 heterocycles. The van der Waals surface area contributed by atoms with Crippen LogP contribution in [0.2, 0.25) is 0 Å². The van der Waals surface area contributed by atoms with Crippen LogP contribution in [0.4, 0.5) is 0 Å². The van der Waals surface area contributed by atoms with Gasteiger partial charge in [-0.15, -0.1) is 0 Å². The molecule has 0 aromatic heterocycles. The van der Waals surface area contributed by atoms with Crippen LogP contribution < -0.4 is 35.4 Å². The van der Waals surface area contributed by atoms with Crippen molar-refractivity contribution in [3.8, 4) is 0 Å². The summed E-state index contributed by atoms with van der Waals surface area (Å²) in [7, 11) is -0.0867. The Hall–Kier alpha value is 1.28. The second kappa shape index (κ2) is 18.7. The van der Waals surface area contributed by atoms with Crippen molar-refractivity contribution in [3.05, 3.63) is 62.8 Å². The Balaban J connectivity index is 0.00000127. The molecule has 3 fully saturated rings. The molecule has 2 aliphatic heterocycles. The Labute approximate surface area is 259 Å². The van der Waals surface area contributed by atoms with Crippen molar-refractivity contribution in [2.75, 3.05) is 0 Å². The number of rotatable bonds is 6. The first kappa shape index (κ1) is 38.3. The van der Waals surface area contributed by atoms with E-state index >= 15 is 0 Å². The molecule has 4 atom stereocenters. The second-order valence-corrected chi connectivity index (χ2v) is 17.1. The van der Waals surface area contributed by atoms with Gasteiger partial charge in [0.2, 0.25) is 0 Å². The molecule has 1 aliphatic carbocycles. The third kappa shape index (κ3) is 9.95. The normalized spacial score (nSPS) is 26.5. The molecule has 5 heteroatoms. The van der Waals surface area contributed by atoms with E-state index in [1.54, 1.807) is 0 Å². The van der Waals surface area contributed by atoms with Crippen LogP contribution in [0.5, 0.6) is 0 Å². The molecule has 0 bridgehead atoms. The van der Waals surface area contributed by atoms with Crippen LogP contribution in [0.1, 0.15) is 81.1 Å². The van der Waals surface area contributed by atoms with Crippen molar-refractivity contribution in [3.63, 3.8) is 0 Å². The van der Waals surface area contributed by atoms with Crippen molar-refractivity contribution >= 4 is 26.5 Å². The van der Waals surface area contributed by atoms with E-state index in [0.29, 0.717) is 0 Å². The summed E-state index contributed by atoms with van der Waals surface area (Å²) in [6.45, 7) is 19.9. The van der Waals surface area contributed by atoms with E-state index in [0.717, 1.165) is 46.3 Å². The molecule has 4 rings (SSSR count). The van der Waals surface area contributed by atoms with Gasteiger partial charge in [-0.3, -0.25) is 0 Å². The van der Waals surface area contributed by atoms with Gasteiger partial charge in [0.05, 0.1) is 0 Å². The molecule has 0 nitrogen and oxygen atoms in total. The second-order valence-electron chi connectivity index (χ2n) is 11.9. The maximum Gasteiger partial charge on any atom is 2.00 e. The van der Waals surface area contributed by atoms with Crippen molar-refractivity contribution in [1.82, 2.24) is 0 Å². The predicted octanol–water partition coefficient (Wildman–Crippen LogP) is 2.82. The molecule has 1 aromatic carbocycles. The molecule has 0 spiro atoms. The Bertz CT molecular complexity index is 637. The Kier molecular flexibility index (Phi) is 19.3. The minimum Gasteiger partial charge on any atom is -1.00 e. The summed E-state index contributed by atoms with van der Waals surface area (Å²) >= 11 is 0. The summed E-state index contributed by atoms with van der Waals surface area (Å²) in [5, 5.41) is 3.66. The van der Waals surface area contributed by atoms with Gasteiger partial charge in [0.15, 0.2) is 0 Å². The Morgan fingerprint density at radius 1 is 0.486 bits per heavy atom. The fraction of sp³-hybridized carbons (Fsp3) is 0.625. The van der Waals surface area contributed by atoms with E-state index in [4.69, 9.17) is 0 Å². The van der Waals surface area contributed by atoms with E-state index in [9.17, 15) is 0 Å². The van der Waals surface area contributed by atoms with Crippen molar-refractivity contribution in [2.24, 2.45) is 23.7 Å². The van der Waals surface area contributed by atoms with Crippen LogP contribution in [0, 0.1) is 62.2 Å². The SMILES string of the molecule is CC(C)[C@@H]1CC[C@@H](C(C)C)P1c1ccccc1P1[C@H](C(C)C)CC[C@H]1C(C)C.[CH]1[CH][CH][CH][CH][CH]1.[Cl-].[Cl-].[Ru+2]. The van der Waals surface area contributed by atoms with Crippen LogP contribution >= 0.6 is 15.8 Å². The third-order valence-corrected chi connectivity index (χ3v) is 16.5. The Morgan fingerprint density at radius 3 is 0.892 bits per heavy atom. The van der Waals surface area contributed by atoms with E-state index in [-0.39, 0.29) is 60.1 Å². The maximum atomic E-state index is 2.58. The minimum atomic E-state index is -0.0433. The number of benzene rings is 1. The first-order valence-corrected chi connectivity index (χ1v) is 16.9. The summed E-state index contributed by atoms with van der Waals surface area (Å²) in [5.74, 6) is 3.28. The number of halogens is 2. The molecule has 210 valence electrons. The first-order chi connectivity index (χ1) is 16.2. The van der Waals surface area contributed by atoms with E-state index in [1.165, 1.54) is 25.7 Å². The van der Waals surface area contributed by atoms with Gasteiger partial charge in [0.25, 0.3) is 0 Å². The molecular weight excluding hydrogens is 618 g/mol. The van der Waals surface area contributed by atoms with Gasteiger partial charge in [0, 0.05) is 0 Å². The minimum absolute atomic E-state index is 0. The van der Waals surface area contributed by atoms with Crippen LogP contribution in [-0.4, -0.2) is 22.6 Å². The predicted molar refractivity (Wildman–Crippen MR) is 158 cm³/mol. The molecule has 0 unspecified atom stereocenters. The number of hydrogen-bond acceptors (Lipinski definition) is 0. The average molecular weight is 669 g/mol. The van der Waals surface area contributed by atoms with Crippen molar-refractivity contribution in [1.29, 1.82) is 0 Å². The van der Waals surface area contributed by atoms with Crippen molar-refractivity contribution < 1.29 is 44.3 Å². The van der Waals surface area contributed by atoms with Gasteiger partial charge in [-0.05, 0) is 121 Å². The van der Waals surface area contributed by atoms with E-state index < -0.39 is 0 Å². The van der Waals surface area contributed by atoms with Gasteiger partial charge in [-0.1, -0.05) is 95.5 Å². The fourth-order valence-corrected chi connectivity index (χ4v) is 14.9. The zero-order valence-electron chi connectivity index (χ0n) is 24.2. The van der Waals surface area contributed by atoms with Crippen LogP contribution in [0.15, 0.2) is 24.3 Å². The van der Waals surface area contributed by atoms with Crippen LogP contribution in [-0.2, 0) is 19.5 Å². The van der Waals surface area contributed by atoms with Crippen LogP contribution in [0.25, 0.3) is 0 Å². The van der Waals surface area contributed by atoms with Gasteiger partial charge in [-0.2, -0.15) is 0 Å². The first-order valence-electron chi connectivity index (χ1n) is 13.9. The smallest absolute Gasteiger partial charge is 1.00 e. The summed E-state index contributed by atoms with van der Waals surface area (Å²) in [6, 6.07) is 9.86. The zero-order valence-corrected chi connectivity index (χ0v) is 29.3. The summed E-state index contributed by atoms with van der Waals surface area (Å²) < 4.78 is 0. The molecule has 6 radical (unpaired) electrons.